The van der Waals surface area contributed by atoms with E-state index < -0.39 is 0 Å². The third kappa shape index (κ3) is 4.95. The van der Waals surface area contributed by atoms with Gasteiger partial charge in [-0.3, -0.25) is 0 Å². The van der Waals surface area contributed by atoms with Gasteiger partial charge in [-0.25, -0.2) is 0 Å². The van der Waals surface area contributed by atoms with E-state index >= 15 is 0 Å². The molecule has 2 nitrogen and oxygen atoms in total. The first kappa shape index (κ1) is 14.3. The number of nitrogens with zero attached hydrogens (tertiary/aromatic N) is 1. The van der Waals surface area contributed by atoms with Gasteiger partial charge in [0, 0.05) is 18.9 Å². The van der Waals surface area contributed by atoms with Gasteiger partial charge in [0.2, 0.25) is 0 Å². The van der Waals surface area contributed by atoms with E-state index in [4.69, 9.17) is 0 Å². The minimum absolute atomic E-state index is 0.287. The molecule has 1 unspecified atom stereocenters. The molecular formula is C15H27NO. The third-order valence-electron chi connectivity index (χ3n) is 3.27. The highest BCUT2D eigenvalue weighted by molar-refractivity contribution is 5.13. The Hall–Kier alpha value is -0.760. The van der Waals surface area contributed by atoms with Gasteiger partial charge in [0.05, 0.1) is 6.10 Å². The summed E-state index contributed by atoms with van der Waals surface area (Å²) in [6.45, 7) is 7.42. The highest BCUT2D eigenvalue weighted by Gasteiger charge is 2.12. The van der Waals surface area contributed by atoms with Crippen molar-refractivity contribution in [3.05, 3.63) is 24.0 Å². The van der Waals surface area contributed by atoms with Crippen LogP contribution in [-0.2, 0) is 6.54 Å². The van der Waals surface area contributed by atoms with Gasteiger partial charge in [0.15, 0.2) is 0 Å². The monoisotopic (exact) mass is 237 g/mol. The third-order valence-corrected chi connectivity index (χ3v) is 3.27. The fraction of sp³-hybridized carbons (Fsp3) is 0.733. The second-order valence-corrected chi connectivity index (χ2v) is 5.29. The quantitative estimate of drug-likeness (QED) is 0.675. The summed E-state index contributed by atoms with van der Waals surface area (Å²) < 4.78 is 2.20. The van der Waals surface area contributed by atoms with E-state index in [1.165, 1.54) is 32.1 Å². The fourth-order valence-electron chi connectivity index (χ4n) is 2.06. The van der Waals surface area contributed by atoms with Gasteiger partial charge in [-0.2, -0.15) is 0 Å². The predicted octanol–water partition coefficient (Wildman–Crippen LogP) is 4.15. The Morgan fingerprint density at radius 1 is 1.18 bits per heavy atom. The number of rotatable bonds is 8. The summed E-state index contributed by atoms with van der Waals surface area (Å²) >= 11 is 0. The Labute approximate surface area is 106 Å². The number of aliphatic hydroxyl groups excluding tert-OH is 1. The van der Waals surface area contributed by atoms with Crippen LogP contribution in [0.3, 0.4) is 0 Å². The summed E-state index contributed by atoms with van der Waals surface area (Å²) in [7, 11) is 0. The van der Waals surface area contributed by atoms with Crippen LogP contribution in [0.2, 0.25) is 0 Å². The standard InChI is InChI=1S/C15H27NO/c1-4-5-6-7-8-10-16-11-9-14(12-16)15(17)13(2)3/h9,11-13,15,17H,4-8,10H2,1-3H3. The van der Waals surface area contributed by atoms with Crippen molar-refractivity contribution in [2.24, 2.45) is 5.92 Å². The molecule has 0 spiro atoms. The highest BCUT2D eigenvalue weighted by Crippen LogP contribution is 2.21. The molecule has 1 aromatic rings. The first-order chi connectivity index (χ1) is 8.15. The van der Waals surface area contributed by atoms with Crippen molar-refractivity contribution < 1.29 is 5.11 Å². The van der Waals surface area contributed by atoms with Crippen molar-refractivity contribution in [3.8, 4) is 0 Å². The van der Waals surface area contributed by atoms with Crippen LogP contribution in [0.25, 0.3) is 0 Å². The zero-order valence-corrected chi connectivity index (χ0v) is 11.5. The van der Waals surface area contributed by atoms with Crippen LogP contribution in [0.15, 0.2) is 18.5 Å². The number of aryl methyl sites for hydroxylation is 1. The average Bonchev–Trinajstić information content (AvgIpc) is 2.76. The Balaban J connectivity index is 2.31. The van der Waals surface area contributed by atoms with Crippen LogP contribution in [0.1, 0.15) is 64.5 Å². The molecule has 98 valence electrons. The Morgan fingerprint density at radius 2 is 1.88 bits per heavy atom. The highest BCUT2D eigenvalue weighted by atomic mass is 16.3. The summed E-state index contributed by atoms with van der Waals surface area (Å²) in [6.07, 6.45) is 10.4. The first-order valence-corrected chi connectivity index (χ1v) is 6.99. The lowest BCUT2D eigenvalue weighted by Gasteiger charge is -2.12. The minimum atomic E-state index is -0.323. The van der Waals surface area contributed by atoms with E-state index in [0.29, 0.717) is 0 Å². The molecule has 0 amide bonds. The van der Waals surface area contributed by atoms with Crippen LogP contribution < -0.4 is 0 Å². The normalized spacial score (nSPS) is 13.2. The van der Waals surface area contributed by atoms with Crippen molar-refractivity contribution in [3.63, 3.8) is 0 Å². The number of aromatic nitrogens is 1. The lowest BCUT2D eigenvalue weighted by molar-refractivity contribution is 0.127. The maximum atomic E-state index is 9.94. The van der Waals surface area contributed by atoms with Gasteiger partial charge in [-0.1, -0.05) is 46.5 Å². The lowest BCUT2D eigenvalue weighted by atomic mass is 10.0. The average molecular weight is 237 g/mol. The van der Waals surface area contributed by atoms with Crippen molar-refractivity contribution in [2.45, 2.75) is 65.5 Å². The second-order valence-electron chi connectivity index (χ2n) is 5.29. The Morgan fingerprint density at radius 3 is 2.53 bits per heavy atom. The molecule has 0 saturated heterocycles. The number of hydrogen-bond acceptors (Lipinski definition) is 1. The van der Waals surface area contributed by atoms with E-state index in [1.54, 1.807) is 0 Å². The first-order valence-electron chi connectivity index (χ1n) is 6.99. The molecule has 1 N–H and O–H groups in total. The SMILES string of the molecule is CCCCCCCn1ccc(C(O)C(C)C)c1. The molecule has 2 heteroatoms. The van der Waals surface area contributed by atoms with Crippen molar-refractivity contribution in [2.75, 3.05) is 0 Å². The van der Waals surface area contributed by atoms with Crippen molar-refractivity contribution in [1.82, 2.24) is 4.57 Å². The van der Waals surface area contributed by atoms with E-state index in [0.717, 1.165) is 12.1 Å². The minimum Gasteiger partial charge on any atom is -0.388 e. The molecule has 0 saturated carbocycles. The molecular weight excluding hydrogens is 210 g/mol. The fourth-order valence-corrected chi connectivity index (χ4v) is 2.06. The van der Waals surface area contributed by atoms with Gasteiger partial charge in [-0.15, -0.1) is 0 Å². The van der Waals surface area contributed by atoms with Gasteiger partial charge < -0.3 is 9.67 Å². The molecule has 17 heavy (non-hydrogen) atoms. The summed E-state index contributed by atoms with van der Waals surface area (Å²) in [5, 5.41) is 9.94. The number of hydrogen-bond donors (Lipinski definition) is 1. The smallest absolute Gasteiger partial charge is 0.0827 e. The van der Waals surface area contributed by atoms with Crippen LogP contribution in [0, 0.1) is 5.92 Å². The molecule has 0 aliphatic heterocycles. The predicted molar refractivity (Wildman–Crippen MR) is 73.0 cm³/mol. The van der Waals surface area contributed by atoms with Crippen LogP contribution in [0.5, 0.6) is 0 Å². The molecule has 1 heterocycles. The van der Waals surface area contributed by atoms with Crippen molar-refractivity contribution >= 4 is 0 Å². The molecule has 1 aromatic heterocycles. The largest absolute Gasteiger partial charge is 0.388 e. The second kappa shape index (κ2) is 7.54. The van der Waals surface area contributed by atoms with Crippen molar-refractivity contribution in [1.29, 1.82) is 0 Å². The molecule has 0 fully saturated rings. The zero-order chi connectivity index (χ0) is 12.7. The lowest BCUT2D eigenvalue weighted by Crippen LogP contribution is -2.04. The van der Waals surface area contributed by atoms with Gasteiger partial charge in [-0.05, 0) is 24.0 Å². The summed E-state index contributed by atoms with van der Waals surface area (Å²) in [4.78, 5) is 0. The van der Waals surface area contributed by atoms with Crippen LogP contribution in [0.4, 0.5) is 0 Å². The molecule has 0 aromatic carbocycles. The topological polar surface area (TPSA) is 25.2 Å². The molecule has 1 atom stereocenters. The molecule has 1 rings (SSSR count). The molecule has 0 aliphatic rings. The van der Waals surface area contributed by atoms with Crippen LogP contribution >= 0.6 is 0 Å². The number of unbranched alkanes of at least 4 members (excludes halogenated alkanes) is 4. The van der Waals surface area contributed by atoms with Crippen LogP contribution in [-0.4, -0.2) is 9.67 Å². The number of aliphatic hydroxyl groups is 1. The van der Waals surface area contributed by atoms with E-state index in [9.17, 15) is 5.11 Å². The van der Waals surface area contributed by atoms with E-state index in [2.05, 4.69) is 23.9 Å². The van der Waals surface area contributed by atoms with Gasteiger partial charge in [0.1, 0.15) is 0 Å². The Kier molecular flexibility index (Phi) is 6.35. The van der Waals surface area contributed by atoms with E-state index in [-0.39, 0.29) is 12.0 Å². The summed E-state index contributed by atoms with van der Waals surface area (Å²) in [5.41, 5.74) is 1.05. The van der Waals surface area contributed by atoms with Gasteiger partial charge >= 0.3 is 0 Å². The zero-order valence-electron chi connectivity index (χ0n) is 11.5. The molecule has 0 bridgehead atoms. The summed E-state index contributed by atoms with van der Waals surface area (Å²) in [6, 6.07) is 2.04. The maximum absolute atomic E-state index is 9.94. The van der Waals surface area contributed by atoms with E-state index in [1.807, 2.05) is 19.9 Å². The maximum Gasteiger partial charge on any atom is 0.0827 e. The molecule has 0 aliphatic carbocycles. The van der Waals surface area contributed by atoms with Gasteiger partial charge in [0.25, 0.3) is 0 Å². The Bertz CT molecular complexity index is 304. The summed E-state index contributed by atoms with van der Waals surface area (Å²) in [5.74, 6) is 0.287. The molecule has 0 radical (unpaired) electrons.